The SMILES string of the molecule is Cc1ccccc1C(=O)NC(=O)NSc1ccc2oc(-c3ccccc3)nc2c1. The molecule has 0 atom stereocenters. The summed E-state index contributed by atoms with van der Waals surface area (Å²) in [7, 11) is 0. The number of carbonyl (C=O) groups is 2. The molecule has 1 aromatic heterocycles. The van der Waals surface area contributed by atoms with Gasteiger partial charge in [-0.2, -0.15) is 0 Å². The summed E-state index contributed by atoms with van der Waals surface area (Å²) in [4.78, 5) is 29.5. The van der Waals surface area contributed by atoms with Crippen molar-refractivity contribution < 1.29 is 14.0 Å². The number of oxazole rings is 1. The van der Waals surface area contributed by atoms with Crippen LogP contribution in [0.5, 0.6) is 0 Å². The van der Waals surface area contributed by atoms with E-state index in [2.05, 4.69) is 15.0 Å². The van der Waals surface area contributed by atoms with E-state index in [-0.39, 0.29) is 0 Å². The highest BCUT2D eigenvalue weighted by atomic mass is 32.2. The first-order chi connectivity index (χ1) is 14.1. The fourth-order valence-corrected chi connectivity index (χ4v) is 3.37. The van der Waals surface area contributed by atoms with Gasteiger partial charge in [0.2, 0.25) is 5.89 Å². The lowest BCUT2D eigenvalue weighted by atomic mass is 10.1. The Kier molecular flexibility index (Phi) is 5.31. The monoisotopic (exact) mass is 403 g/mol. The van der Waals surface area contributed by atoms with E-state index >= 15 is 0 Å². The smallest absolute Gasteiger partial charge is 0.331 e. The molecule has 7 heteroatoms. The van der Waals surface area contributed by atoms with Crippen molar-refractivity contribution in [3.05, 3.63) is 83.9 Å². The van der Waals surface area contributed by atoms with Gasteiger partial charge >= 0.3 is 6.03 Å². The maximum absolute atomic E-state index is 12.2. The van der Waals surface area contributed by atoms with Gasteiger partial charge in [0.05, 0.1) is 0 Å². The Morgan fingerprint density at radius 3 is 2.52 bits per heavy atom. The van der Waals surface area contributed by atoms with Crippen LogP contribution in [0.1, 0.15) is 15.9 Å². The molecule has 4 aromatic rings. The van der Waals surface area contributed by atoms with Crippen molar-refractivity contribution >= 4 is 35.0 Å². The number of nitrogens with one attached hydrogen (secondary N) is 2. The van der Waals surface area contributed by atoms with Gasteiger partial charge in [0.1, 0.15) is 5.52 Å². The molecule has 0 saturated carbocycles. The maximum Gasteiger partial charge on any atom is 0.331 e. The standard InChI is InChI=1S/C22H17N3O3S/c1-14-7-5-6-10-17(14)20(26)24-22(27)25-29-16-11-12-19-18(13-16)23-21(28-19)15-8-3-2-4-9-15/h2-13H,1H3,(H2,24,25,26,27). The van der Waals surface area contributed by atoms with Crippen LogP contribution in [0.4, 0.5) is 4.79 Å². The van der Waals surface area contributed by atoms with Gasteiger partial charge < -0.3 is 4.42 Å². The Bertz CT molecular complexity index is 1190. The van der Waals surface area contributed by atoms with Crippen molar-refractivity contribution in [2.75, 3.05) is 0 Å². The Hall–Kier alpha value is -3.58. The molecular weight excluding hydrogens is 386 g/mol. The molecule has 0 fully saturated rings. The summed E-state index contributed by atoms with van der Waals surface area (Å²) in [6.45, 7) is 1.82. The predicted molar refractivity (Wildman–Crippen MR) is 112 cm³/mol. The van der Waals surface area contributed by atoms with Crippen LogP contribution in [0.2, 0.25) is 0 Å². The van der Waals surface area contributed by atoms with Gasteiger partial charge in [-0.15, -0.1) is 0 Å². The molecule has 6 nitrogen and oxygen atoms in total. The second-order valence-electron chi connectivity index (χ2n) is 6.32. The number of imide groups is 1. The van der Waals surface area contributed by atoms with E-state index in [1.807, 2.05) is 61.5 Å². The molecule has 3 aromatic carbocycles. The van der Waals surface area contributed by atoms with Crippen molar-refractivity contribution in [2.45, 2.75) is 11.8 Å². The lowest BCUT2D eigenvalue weighted by Crippen LogP contribution is -2.36. The number of hydrogen-bond acceptors (Lipinski definition) is 5. The van der Waals surface area contributed by atoms with Crippen LogP contribution in [0.25, 0.3) is 22.6 Å². The van der Waals surface area contributed by atoms with E-state index in [4.69, 9.17) is 4.42 Å². The van der Waals surface area contributed by atoms with Crippen LogP contribution in [-0.4, -0.2) is 16.9 Å². The molecule has 3 amide bonds. The van der Waals surface area contributed by atoms with Crippen LogP contribution >= 0.6 is 11.9 Å². The molecule has 0 aliphatic rings. The number of hydrogen-bond donors (Lipinski definition) is 2. The summed E-state index contributed by atoms with van der Waals surface area (Å²) in [6.07, 6.45) is 0. The van der Waals surface area contributed by atoms with Crippen LogP contribution in [0.15, 0.2) is 82.1 Å². The Morgan fingerprint density at radius 1 is 0.966 bits per heavy atom. The van der Waals surface area contributed by atoms with E-state index in [1.54, 1.807) is 18.2 Å². The van der Waals surface area contributed by atoms with E-state index < -0.39 is 11.9 Å². The summed E-state index contributed by atoms with van der Waals surface area (Å²) in [5.74, 6) is 0.0953. The lowest BCUT2D eigenvalue weighted by Gasteiger charge is -2.07. The summed E-state index contributed by atoms with van der Waals surface area (Å²) >= 11 is 1.09. The van der Waals surface area contributed by atoms with Crippen LogP contribution in [0.3, 0.4) is 0 Å². The van der Waals surface area contributed by atoms with Crippen molar-refractivity contribution in [2.24, 2.45) is 0 Å². The molecule has 0 bridgehead atoms. The summed E-state index contributed by atoms with van der Waals surface area (Å²) < 4.78 is 8.39. The van der Waals surface area contributed by atoms with Gasteiger partial charge in [0.25, 0.3) is 5.91 Å². The normalized spacial score (nSPS) is 10.7. The van der Waals surface area contributed by atoms with Gasteiger partial charge in [-0.05, 0) is 60.8 Å². The first-order valence-corrected chi connectivity index (χ1v) is 9.71. The average molecular weight is 403 g/mol. The molecule has 2 N–H and O–H groups in total. The first kappa shape index (κ1) is 18.8. The van der Waals surface area contributed by atoms with Gasteiger partial charge in [0.15, 0.2) is 5.58 Å². The van der Waals surface area contributed by atoms with Crippen molar-refractivity contribution in [3.63, 3.8) is 0 Å². The molecule has 4 rings (SSSR count). The van der Waals surface area contributed by atoms with Gasteiger partial charge in [0, 0.05) is 16.0 Å². The molecule has 0 saturated heterocycles. The third-order valence-corrected chi connectivity index (χ3v) is 5.04. The number of benzene rings is 3. The third-order valence-electron chi connectivity index (χ3n) is 4.26. The quantitative estimate of drug-likeness (QED) is 0.471. The Balaban J connectivity index is 1.41. The Morgan fingerprint density at radius 2 is 1.72 bits per heavy atom. The van der Waals surface area contributed by atoms with Gasteiger partial charge in [-0.25, -0.2) is 9.78 Å². The minimum absolute atomic E-state index is 0.444. The van der Waals surface area contributed by atoms with Crippen LogP contribution in [-0.2, 0) is 0 Å². The van der Waals surface area contributed by atoms with E-state index in [0.29, 0.717) is 22.6 Å². The fraction of sp³-hybridized carbons (Fsp3) is 0.0455. The number of amides is 3. The van der Waals surface area contributed by atoms with Crippen molar-refractivity contribution in [1.82, 2.24) is 15.0 Å². The van der Waals surface area contributed by atoms with E-state index in [9.17, 15) is 9.59 Å². The number of nitrogens with zero attached hydrogens (tertiary/aromatic N) is 1. The number of fused-ring (bicyclic) bond motifs is 1. The summed E-state index contributed by atoms with van der Waals surface area (Å²) in [6, 6.07) is 21.6. The van der Waals surface area contributed by atoms with Crippen LogP contribution < -0.4 is 10.0 Å². The third kappa shape index (κ3) is 4.30. The minimum atomic E-state index is -0.589. The molecule has 0 aliphatic heterocycles. The summed E-state index contributed by atoms with van der Waals surface area (Å²) in [5, 5.41) is 2.33. The van der Waals surface area contributed by atoms with Gasteiger partial charge in [-0.1, -0.05) is 36.4 Å². The zero-order chi connectivity index (χ0) is 20.2. The predicted octanol–water partition coefficient (Wildman–Crippen LogP) is 4.95. The average Bonchev–Trinajstić information content (AvgIpc) is 3.16. The molecular formula is C22H17N3O3S. The number of rotatable bonds is 4. The lowest BCUT2D eigenvalue weighted by molar-refractivity contribution is 0.0965. The van der Waals surface area contributed by atoms with Crippen molar-refractivity contribution in [3.8, 4) is 11.5 Å². The highest BCUT2D eigenvalue weighted by Gasteiger charge is 2.13. The fourth-order valence-electron chi connectivity index (χ4n) is 2.80. The zero-order valence-corrected chi connectivity index (χ0v) is 16.3. The zero-order valence-electron chi connectivity index (χ0n) is 15.5. The van der Waals surface area contributed by atoms with Gasteiger partial charge in [-0.3, -0.25) is 14.8 Å². The number of aromatic nitrogens is 1. The number of carbonyl (C=O) groups excluding carboxylic acids is 2. The highest BCUT2D eigenvalue weighted by molar-refractivity contribution is 7.98. The van der Waals surface area contributed by atoms with E-state index in [1.165, 1.54) is 0 Å². The largest absolute Gasteiger partial charge is 0.436 e. The highest BCUT2D eigenvalue weighted by Crippen LogP contribution is 2.27. The molecule has 0 spiro atoms. The molecule has 0 unspecified atom stereocenters. The number of aryl methyl sites for hydroxylation is 1. The number of urea groups is 1. The van der Waals surface area contributed by atoms with Crippen molar-refractivity contribution in [1.29, 1.82) is 0 Å². The molecule has 144 valence electrons. The van der Waals surface area contributed by atoms with Crippen LogP contribution in [0, 0.1) is 6.92 Å². The Labute approximate surface area is 171 Å². The topological polar surface area (TPSA) is 84.2 Å². The molecule has 1 heterocycles. The second-order valence-corrected chi connectivity index (χ2v) is 7.20. The molecule has 29 heavy (non-hydrogen) atoms. The molecule has 0 aliphatic carbocycles. The molecule has 0 radical (unpaired) electrons. The maximum atomic E-state index is 12.2. The first-order valence-electron chi connectivity index (χ1n) is 8.90. The minimum Gasteiger partial charge on any atom is -0.436 e. The second kappa shape index (κ2) is 8.20. The summed E-state index contributed by atoms with van der Waals surface area (Å²) in [5.41, 5.74) is 3.51. The van der Waals surface area contributed by atoms with E-state index in [0.717, 1.165) is 28.0 Å².